The van der Waals surface area contributed by atoms with Gasteiger partial charge in [-0.3, -0.25) is 29.5 Å². The number of fused-ring (bicyclic) bond motifs is 4. The lowest BCUT2D eigenvalue weighted by Crippen LogP contribution is -2.53. The number of rotatable bonds is 9. The standard InChI is InChI=1S/C49H43N3O7/c1-29-9-17-34(18-10-29)50-52-46(55)41-28-40-38(44(31-15-21-36(53)22-16-31)49(41,48(52)57)33-7-5-4-6-8-33)24-25-39-43(40)47(56)51(45(39)54)35-19-12-30(13-20-35)11-14-32-27-37(58-2)23-26-42(32)59-3/h4-24,26-27,39-41,43-44,50,53H,25,28H2,1-3H3. The second-order valence-electron chi connectivity index (χ2n) is 15.7. The normalized spacial score (nSPS) is 24.8. The van der Waals surface area contributed by atoms with E-state index in [1.807, 2.05) is 110 Å². The summed E-state index contributed by atoms with van der Waals surface area (Å²) in [4.78, 5) is 60.5. The molecule has 6 atom stereocenters. The zero-order valence-electron chi connectivity index (χ0n) is 32.9. The quantitative estimate of drug-likeness (QED) is 0.0874. The van der Waals surface area contributed by atoms with Crippen molar-refractivity contribution in [2.45, 2.75) is 31.1 Å². The minimum Gasteiger partial charge on any atom is -0.508 e. The van der Waals surface area contributed by atoms with E-state index in [-0.39, 0.29) is 24.0 Å². The molecule has 0 aromatic heterocycles. The molecule has 2 aliphatic carbocycles. The molecule has 4 aliphatic rings. The predicted octanol–water partition coefficient (Wildman–Crippen LogP) is 8.08. The second-order valence-corrected chi connectivity index (χ2v) is 15.7. The summed E-state index contributed by atoms with van der Waals surface area (Å²) < 4.78 is 10.9. The number of carbonyl (C=O) groups is 4. The molecular weight excluding hydrogens is 743 g/mol. The van der Waals surface area contributed by atoms with Crippen LogP contribution in [0.25, 0.3) is 12.2 Å². The maximum Gasteiger partial charge on any atom is 0.260 e. The first kappa shape index (κ1) is 37.6. The number of nitrogens with one attached hydrogen (secondary N) is 1. The Morgan fingerprint density at radius 3 is 2.19 bits per heavy atom. The Hall–Kier alpha value is -6.94. The van der Waals surface area contributed by atoms with Crippen LogP contribution in [0.4, 0.5) is 11.4 Å². The monoisotopic (exact) mass is 785 g/mol. The highest BCUT2D eigenvalue weighted by atomic mass is 16.5. The Morgan fingerprint density at radius 1 is 0.763 bits per heavy atom. The SMILES string of the molecule is COc1ccc(OC)c(C=Cc2ccc(N3C(=O)C4CC=C5C(CC6C(=O)N(Nc7ccc(C)cc7)C(=O)C6(c6ccccc6)C5c5ccc(O)cc5)C4C3=O)cc2)c1. The second kappa shape index (κ2) is 14.8. The van der Waals surface area contributed by atoms with Crippen molar-refractivity contribution in [2.75, 3.05) is 24.5 Å². The van der Waals surface area contributed by atoms with Gasteiger partial charge in [0, 0.05) is 11.5 Å². The largest absolute Gasteiger partial charge is 0.508 e. The fourth-order valence-corrected chi connectivity index (χ4v) is 9.93. The van der Waals surface area contributed by atoms with E-state index in [9.17, 15) is 19.5 Å². The minimum atomic E-state index is -1.38. The molecule has 2 heterocycles. The Bertz CT molecular complexity index is 2530. The van der Waals surface area contributed by atoms with Gasteiger partial charge in [-0.25, -0.2) is 0 Å². The average Bonchev–Trinajstić information content (AvgIpc) is 3.64. The predicted molar refractivity (Wildman–Crippen MR) is 224 cm³/mol. The summed E-state index contributed by atoms with van der Waals surface area (Å²) in [5.74, 6) is -3.36. The van der Waals surface area contributed by atoms with Gasteiger partial charge in [0.1, 0.15) is 17.2 Å². The summed E-state index contributed by atoms with van der Waals surface area (Å²) in [6.45, 7) is 1.96. The number of phenolic OH excluding ortho intramolecular Hbond substituents is 1. The van der Waals surface area contributed by atoms with Crippen molar-refractivity contribution in [1.29, 1.82) is 0 Å². The van der Waals surface area contributed by atoms with Crippen LogP contribution in [-0.2, 0) is 24.6 Å². The molecule has 2 aliphatic heterocycles. The molecule has 10 nitrogen and oxygen atoms in total. The van der Waals surface area contributed by atoms with Crippen LogP contribution in [-0.4, -0.2) is 48.0 Å². The first-order chi connectivity index (χ1) is 28.6. The van der Waals surface area contributed by atoms with Crippen molar-refractivity contribution in [3.8, 4) is 17.2 Å². The Labute approximate surface area is 342 Å². The van der Waals surface area contributed by atoms with Crippen LogP contribution in [0, 0.1) is 30.6 Å². The van der Waals surface area contributed by atoms with E-state index >= 15 is 4.79 Å². The van der Waals surface area contributed by atoms with Crippen molar-refractivity contribution in [2.24, 2.45) is 23.7 Å². The van der Waals surface area contributed by atoms with Crippen molar-refractivity contribution in [1.82, 2.24) is 5.01 Å². The zero-order valence-corrected chi connectivity index (χ0v) is 32.9. The van der Waals surface area contributed by atoms with Crippen LogP contribution in [0.2, 0.25) is 0 Å². The number of methoxy groups -OCH3 is 2. The van der Waals surface area contributed by atoms with E-state index in [1.54, 1.807) is 50.6 Å². The van der Waals surface area contributed by atoms with Gasteiger partial charge in [-0.05, 0) is 97.0 Å². The lowest BCUT2D eigenvalue weighted by atomic mass is 9.49. The molecule has 0 spiro atoms. The molecule has 0 bridgehead atoms. The van der Waals surface area contributed by atoms with Gasteiger partial charge in [0.25, 0.3) is 11.8 Å². The van der Waals surface area contributed by atoms with Gasteiger partial charge >= 0.3 is 0 Å². The number of amides is 4. The number of nitrogens with zero attached hydrogens (tertiary/aromatic N) is 2. The Kier molecular flexibility index (Phi) is 9.42. The first-order valence-corrected chi connectivity index (χ1v) is 19.8. The van der Waals surface area contributed by atoms with Gasteiger partial charge in [-0.2, -0.15) is 5.01 Å². The molecule has 5 aromatic rings. The molecule has 3 fully saturated rings. The fourth-order valence-electron chi connectivity index (χ4n) is 9.93. The van der Waals surface area contributed by atoms with Crippen molar-refractivity contribution >= 4 is 47.2 Å². The van der Waals surface area contributed by atoms with Crippen molar-refractivity contribution < 1.29 is 33.8 Å². The number of phenols is 1. The number of imide groups is 2. The highest BCUT2D eigenvalue weighted by Crippen LogP contribution is 2.64. The zero-order chi connectivity index (χ0) is 41.0. The van der Waals surface area contributed by atoms with Gasteiger partial charge in [0.15, 0.2) is 0 Å². The molecule has 4 amide bonds. The molecule has 9 rings (SSSR count). The number of aryl methyl sites for hydroxylation is 1. The maximum absolute atomic E-state index is 15.3. The molecular formula is C49H43N3O7. The minimum absolute atomic E-state index is 0.0642. The Balaban J connectivity index is 1.09. The van der Waals surface area contributed by atoms with Gasteiger partial charge < -0.3 is 14.6 Å². The van der Waals surface area contributed by atoms with E-state index in [0.29, 0.717) is 34.9 Å². The number of aromatic hydroxyl groups is 1. The molecule has 1 saturated carbocycles. The van der Waals surface area contributed by atoms with Crippen LogP contribution < -0.4 is 19.8 Å². The van der Waals surface area contributed by atoms with E-state index < -0.39 is 46.8 Å². The van der Waals surface area contributed by atoms with Crippen LogP contribution in [0.3, 0.4) is 0 Å². The molecule has 2 N–H and O–H groups in total. The summed E-state index contributed by atoms with van der Waals surface area (Å²) in [7, 11) is 3.22. The molecule has 6 unspecified atom stereocenters. The molecule has 59 heavy (non-hydrogen) atoms. The third-order valence-electron chi connectivity index (χ3n) is 12.7. The number of carbonyl (C=O) groups excluding carboxylic acids is 4. The molecule has 296 valence electrons. The van der Waals surface area contributed by atoms with Crippen LogP contribution in [0.1, 0.15) is 46.6 Å². The number of hydrazine groups is 1. The number of anilines is 2. The molecule has 10 heteroatoms. The first-order valence-electron chi connectivity index (χ1n) is 19.8. The molecule has 5 aromatic carbocycles. The smallest absolute Gasteiger partial charge is 0.260 e. The van der Waals surface area contributed by atoms with Gasteiger partial charge in [-0.1, -0.05) is 96.1 Å². The fraction of sp³-hybridized carbons (Fsp3) is 0.224. The van der Waals surface area contributed by atoms with Crippen molar-refractivity contribution in [3.63, 3.8) is 0 Å². The highest BCUT2D eigenvalue weighted by Gasteiger charge is 2.70. The lowest BCUT2D eigenvalue weighted by Gasteiger charge is -2.50. The maximum atomic E-state index is 15.3. The molecule has 2 saturated heterocycles. The van der Waals surface area contributed by atoms with Gasteiger partial charge in [0.05, 0.1) is 48.8 Å². The highest BCUT2D eigenvalue weighted by molar-refractivity contribution is 6.22. The van der Waals surface area contributed by atoms with E-state index in [1.165, 1.54) is 4.90 Å². The lowest BCUT2D eigenvalue weighted by molar-refractivity contribution is -0.138. The summed E-state index contributed by atoms with van der Waals surface area (Å²) in [6.07, 6.45) is 6.37. The number of hydrogen-bond acceptors (Lipinski definition) is 8. The number of allylic oxidation sites excluding steroid dienone is 2. The average molecular weight is 786 g/mol. The Morgan fingerprint density at radius 2 is 1.49 bits per heavy atom. The molecule has 0 radical (unpaired) electrons. The van der Waals surface area contributed by atoms with Crippen molar-refractivity contribution in [3.05, 3.63) is 161 Å². The summed E-state index contributed by atoms with van der Waals surface area (Å²) in [5.41, 5.74) is 7.80. The number of benzene rings is 5. The van der Waals surface area contributed by atoms with Crippen LogP contribution in [0.5, 0.6) is 17.2 Å². The topological polar surface area (TPSA) is 125 Å². The van der Waals surface area contributed by atoms with Gasteiger partial charge in [-0.15, -0.1) is 0 Å². The summed E-state index contributed by atoms with van der Waals surface area (Å²) in [5, 5.41) is 11.5. The van der Waals surface area contributed by atoms with E-state index in [4.69, 9.17) is 9.47 Å². The third-order valence-corrected chi connectivity index (χ3v) is 12.7. The third kappa shape index (κ3) is 6.09. The summed E-state index contributed by atoms with van der Waals surface area (Å²) >= 11 is 0. The number of ether oxygens (including phenoxy) is 2. The summed E-state index contributed by atoms with van der Waals surface area (Å²) in [6, 6.07) is 36.4. The van der Waals surface area contributed by atoms with E-state index in [2.05, 4.69) is 5.43 Å². The van der Waals surface area contributed by atoms with Crippen LogP contribution in [0.15, 0.2) is 133 Å². The van der Waals surface area contributed by atoms with Gasteiger partial charge in [0.2, 0.25) is 11.8 Å². The van der Waals surface area contributed by atoms with E-state index in [0.717, 1.165) is 32.8 Å². The van der Waals surface area contributed by atoms with Crippen LogP contribution >= 0.6 is 0 Å². The number of hydrogen-bond donors (Lipinski definition) is 2.